The highest BCUT2D eigenvalue weighted by Gasteiger charge is 2.30. The minimum atomic E-state index is -3.68. The van der Waals surface area contributed by atoms with Crippen LogP contribution in [0.2, 0.25) is 0 Å². The first-order chi connectivity index (χ1) is 5.71. The van der Waals surface area contributed by atoms with Gasteiger partial charge in [0.15, 0.2) is 0 Å². The number of rotatable bonds is 6. The molecule has 13 heavy (non-hydrogen) atoms. The van der Waals surface area contributed by atoms with Gasteiger partial charge in [-0.05, 0) is 19.3 Å². The van der Waals surface area contributed by atoms with E-state index in [1.807, 2.05) is 0 Å². The highest BCUT2D eigenvalue weighted by Crippen LogP contribution is 2.47. The van der Waals surface area contributed by atoms with Crippen molar-refractivity contribution < 1.29 is 29.4 Å². The lowest BCUT2D eigenvalue weighted by Crippen LogP contribution is -1.98. The van der Waals surface area contributed by atoms with Crippen molar-refractivity contribution in [2.75, 3.05) is 12.3 Å². The molecule has 0 aliphatic carbocycles. The number of hydrogen-bond donors (Lipinski definition) is 6. The van der Waals surface area contributed by atoms with E-state index in [0.29, 0.717) is 19.3 Å². The van der Waals surface area contributed by atoms with E-state index in [1.54, 1.807) is 0 Å². The fraction of sp³-hybridized carbons (Fsp3) is 1.00. The van der Waals surface area contributed by atoms with Crippen LogP contribution in [0.25, 0.3) is 0 Å². The second kappa shape index (κ2) is 5.49. The largest absolute Gasteiger partial charge is 0.403 e. The van der Waals surface area contributed by atoms with Crippen LogP contribution < -0.4 is 0 Å². The molecule has 0 atom stereocenters. The van der Waals surface area contributed by atoms with Gasteiger partial charge < -0.3 is 0 Å². The minimum Gasteiger partial charge on any atom is -0.193 e. The fourth-order valence-corrected chi connectivity index (χ4v) is 2.12. The van der Waals surface area contributed by atoms with Gasteiger partial charge in [0.25, 0.3) is 0 Å². The Bertz CT molecular complexity index is 123. The normalized spacial score (nSPS) is 13.4. The first-order valence-corrected chi connectivity index (χ1v) is 7.50. The quantitative estimate of drug-likeness (QED) is 0.275. The Morgan fingerprint density at radius 3 is 1.08 bits per heavy atom. The van der Waals surface area contributed by atoms with Crippen LogP contribution in [0.1, 0.15) is 19.3 Å². The van der Waals surface area contributed by atoms with Crippen molar-refractivity contribution in [3.8, 4) is 0 Å². The summed E-state index contributed by atoms with van der Waals surface area (Å²) in [5, 5.41) is 0. The summed E-state index contributed by atoms with van der Waals surface area (Å²) in [6, 6.07) is 0. The van der Waals surface area contributed by atoms with Gasteiger partial charge in [-0.3, -0.25) is 0 Å². The Labute approximate surface area is 77.7 Å². The van der Waals surface area contributed by atoms with Crippen LogP contribution in [0, 0.1) is 0 Å². The van der Waals surface area contributed by atoms with E-state index in [4.69, 9.17) is 29.4 Å². The van der Waals surface area contributed by atoms with Gasteiger partial charge in [-0.1, -0.05) is 0 Å². The highest BCUT2D eigenvalue weighted by molar-refractivity contribution is 7.58. The Kier molecular flexibility index (Phi) is 5.75. The van der Waals surface area contributed by atoms with Gasteiger partial charge >= 0.3 is 15.9 Å². The van der Waals surface area contributed by atoms with Crippen molar-refractivity contribution in [2.45, 2.75) is 19.3 Å². The van der Waals surface area contributed by atoms with E-state index in [1.165, 1.54) is 0 Å². The van der Waals surface area contributed by atoms with E-state index < -0.39 is 15.9 Å². The first-order valence-electron chi connectivity index (χ1n) is 3.83. The molecule has 0 aromatic carbocycles. The molecule has 0 rings (SSSR count). The maximum absolute atomic E-state index is 8.56. The topological polar surface area (TPSA) is 121 Å². The maximum Gasteiger partial charge on any atom is 0.403 e. The van der Waals surface area contributed by atoms with E-state index in [9.17, 15) is 0 Å². The van der Waals surface area contributed by atoms with Crippen LogP contribution in [0.15, 0.2) is 0 Å². The van der Waals surface area contributed by atoms with Gasteiger partial charge in [0.2, 0.25) is 0 Å². The summed E-state index contributed by atoms with van der Waals surface area (Å²) in [5.41, 5.74) is 0. The Morgan fingerprint density at radius 2 is 0.846 bits per heavy atom. The molecule has 0 aliphatic rings. The molecule has 0 bridgehead atoms. The summed E-state index contributed by atoms with van der Waals surface area (Å²) >= 11 is 0. The molecule has 0 aromatic heterocycles. The predicted octanol–water partition coefficient (Wildman–Crippen LogP) is -0.364. The summed E-state index contributed by atoms with van der Waals surface area (Å²) in [4.78, 5) is 51.3. The van der Waals surface area contributed by atoms with Crippen LogP contribution >= 0.6 is 15.9 Å². The third-order valence-corrected chi connectivity index (χ3v) is 3.25. The van der Waals surface area contributed by atoms with Gasteiger partial charge in [0.05, 0.1) is 0 Å². The summed E-state index contributed by atoms with van der Waals surface area (Å²) in [5.74, 6) is 0. The molecule has 0 aromatic rings. The second-order valence-electron chi connectivity index (χ2n) is 2.89. The Morgan fingerprint density at radius 1 is 0.538 bits per heavy atom. The monoisotopic (exact) mass is 234 g/mol. The van der Waals surface area contributed by atoms with Crippen LogP contribution in [-0.2, 0) is 0 Å². The van der Waals surface area contributed by atoms with E-state index in [2.05, 4.69) is 0 Å². The van der Waals surface area contributed by atoms with Crippen molar-refractivity contribution in [1.82, 2.24) is 0 Å². The standard InChI is InChI=1S/C5H16O6P2/c6-12(7,8)4-2-1-3-5-13(9,10)11/h6-11H,1-5H2/q+2. The van der Waals surface area contributed by atoms with Gasteiger partial charge in [-0.2, -0.15) is 29.4 Å². The summed E-state index contributed by atoms with van der Waals surface area (Å²) in [7, 11) is -7.35. The third-order valence-electron chi connectivity index (χ3n) is 1.42. The molecule has 0 radical (unpaired) electrons. The lowest BCUT2D eigenvalue weighted by Gasteiger charge is -2.04. The molecular formula is C5H16O6P2+2. The van der Waals surface area contributed by atoms with E-state index in [0.717, 1.165) is 0 Å². The van der Waals surface area contributed by atoms with E-state index >= 15 is 0 Å². The predicted molar refractivity (Wildman–Crippen MR) is 50.7 cm³/mol. The molecule has 8 heteroatoms. The molecule has 0 saturated heterocycles. The Balaban J connectivity index is 3.28. The van der Waals surface area contributed by atoms with Gasteiger partial charge in [0.1, 0.15) is 12.3 Å². The molecule has 0 spiro atoms. The maximum atomic E-state index is 8.56. The zero-order valence-electron chi connectivity index (χ0n) is 7.11. The molecule has 0 saturated carbocycles. The molecule has 80 valence electrons. The highest BCUT2D eigenvalue weighted by atomic mass is 31.2. The first kappa shape index (κ1) is 13.6. The van der Waals surface area contributed by atoms with Crippen molar-refractivity contribution in [1.29, 1.82) is 0 Å². The van der Waals surface area contributed by atoms with Crippen molar-refractivity contribution in [2.24, 2.45) is 0 Å². The zero-order valence-corrected chi connectivity index (χ0v) is 8.90. The Hall–Kier alpha value is 0.620. The van der Waals surface area contributed by atoms with Crippen molar-refractivity contribution >= 4 is 15.9 Å². The lowest BCUT2D eigenvalue weighted by molar-refractivity contribution is 0.327. The average Bonchev–Trinajstić information content (AvgIpc) is 1.81. The molecule has 6 nitrogen and oxygen atoms in total. The summed E-state index contributed by atoms with van der Waals surface area (Å²) in [6.07, 6.45) is 1.11. The fourth-order valence-electron chi connectivity index (χ4n) is 0.825. The number of unbranched alkanes of at least 4 members (excludes halogenated alkanes) is 2. The molecule has 0 fully saturated rings. The smallest absolute Gasteiger partial charge is 0.193 e. The van der Waals surface area contributed by atoms with Crippen LogP contribution in [0.5, 0.6) is 0 Å². The average molecular weight is 234 g/mol. The van der Waals surface area contributed by atoms with E-state index in [-0.39, 0.29) is 12.3 Å². The third kappa shape index (κ3) is 12.6. The van der Waals surface area contributed by atoms with Gasteiger partial charge in [0, 0.05) is 0 Å². The molecule has 0 unspecified atom stereocenters. The second-order valence-corrected chi connectivity index (χ2v) is 6.56. The minimum absolute atomic E-state index is 0.0826. The van der Waals surface area contributed by atoms with Crippen LogP contribution in [0.4, 0.5) is 0 Å². The molecule has 6 N–H and O–H groups in total. The molecule has 0 amide bonds. The van der Waals surface area contributed by atoms with Crippen LogP contribution in [0.3, 0.4) is 0 Å². The summed E-state index contributed by atoms with van der Waals surface area (Å²) < 4.78 is 0. The van der Waals surface area contributed by atoms with Crippen LogP contribution in [-0.4, -0.2) is 41.7 Å². The zero-order chi connectivity index (χ0) is 10.5. The molecule has 0 aliphatic heterocycles. The molecule has 0 heterocycles. The SMILES string of the molecule is O[P+](O)(O)CCCCC[P+](O)(O)O. The lowest BCUT2D eigenvalue weighted by atomic mass is 10.3. The van der Waals surface area contributed by atoms with Gasteiger partial charge in [-0.25, -0.2) is 0 Å². The molecular weight excluding hydrogens is 218 g/mol. The summed E-state index contributed by atoms with van der Waals surface area (Å²) in [6.45, 7) is 0. The van der Waals surface area contributed by atoms with Crippen molar-refractivity contribution in [3.63, 3.8) is 0 Å². The van der Waals surface area contributed by atoms with Crippen molar-refractivity contribution in [3.05, 3.63) is 0 Å². The van der Waals surface area contributed by atoms with Gasteiger partial charge in [-0.15, -0.1) is 0 Å². The number of hydrogen-bond acceptors (Lipinski definition) is 6.